The Bertz CT molecular complexity index is 677. The van der Waals surface area contributed by atoms with Crippen LogP contribution in [0.25, 0.3) is 0 Å². The molecule has 1 aromatic carbocycles. The standard InChI is InChI=1S/C18H23N3OS/c1-5-14-8-6-7-9-16(14)21-17(22)11-10-15-12(2)19-18(23-4)20-13(15)3/h6-9H,5,10-11H2,1-4H3,(H,21,22). The SMILES string of the molecule is CCc1ccccc1NC(=O)CCc1c(C)nc(SC)nc1C. The van der Waals surface area contributed by atoms with Crippen LogP contribution in [0.4, 0.5) is 5.69 Å². The first-order chi connectivity index (χ1) is 11.0. The lowest BCUT2D eigenvalue weighted by molar-refractivity contribution is -0.116. The Kier molecular flexibility index (Phi) is 6.16. The molecule has 0 bridgehead atoms. The van der Waals surface area contributed by atoms with Gasteiger partial charge in [0.25, 0.3) is 0 Å². The minimum absolute atomic E-state index is 0.0265. The van der Waals surface area contributed by atoms with E-state index >= 15 is 0 Å². The molecule has 122 valence electrons. The smallest absolute Gasteiger partial charge is 0.224 e. The van der Waals surface area contributed by atoms with E-state index in [1.165, 1.54) is 11.8 Å². The third-order valence-electron chi connectivity index (χ3n) is 3.86. The number of benzene rings is 1. The number of nitrogens with zero attached hydrogens (tertiary/aromatic N) is 2. The monoisotopic (exact) mass is 329 g/mol. The maximum Gasteiger partial charge on any atom is 0.224 e. The second-order valence-electron chi connectivity index (χ2n) is 5.42. The van der Waals surface area contributed by atoms with Gasteiger partial charge >= 0.3 is 0 Å². The maximum atomic E-state index is 12.2. The molecule has 0 unspecified atom stereocenters. The summed E-state index contributed by atoms with van der Waals surface area (Å²) >= 11 is 1.53. The third-order valence-corrected chi connectivity index (χ3v) is 4.40. The lowest BCUT2D eigenvalue weighted by atomic mass is 10.1. The molecule has 2 aromatic rings. The summed E-state index contributed by atoms with van der Waals surface area (Å²) in [5.74, 6) is 0.0265. The van der Waals surface area contributed by atoms with Gasteiger partial charge in [-0.3, -0.25) is 4.79 Å². The van der Waals surface area contributed by atoms with Gasteiger partial charge in [-0.05, 0) is 50.1 Å². The van der Waals surface area contributed by atoms with E-state index in [2.05, 4.69) is 22.2 Å². The number of anilines is 1. The molecule has 1 amide bonds. The quantitative estimate of drug-likeness (QED) is 0.644. The van der Waals surface area contributed by atoms with E-state index in [4.69, 9.17) is 0 Å². The summed E-state index contributed by atoms with van der Waals surface area (Å²) in [7, 11) is 0. The van der Waals surface area contributed by atoms with Crippen LogP contribution < -0.4 is 5.32 Å². The Morgan fingerprint density at radius 1 is 1.17 bits per heavy atom. The highest BCUT2D eigenvalue weighted by Crippen LogP contribution is 2.19. The van der Waals surface area contributed by atoms with Crippen LogP contribution in [0.5, 0.6) is 0 Å². The topological polar surface area (TPSA) is 54.9 Å². The van der Waals surface area contributed by atoms with Crippen LogP contribution in [0, 0.1) is 13.8 Å². The van der Waals surface area contributed by atoms with Gasteiger partial charge in [0, 0.05) is 23.5 Å². The Morgan fingerprint density at radius 2 is 1.83 bits per heavy atom. The van der Waals surface area contributed by atoms with Crippen molar-refractivity contribution in [3.05, 3.63) is 46.8 Å². The van der Waals surface area contributed by atoms with E-state index in [0.29, 0.717) is 12.8 Å². The minimum Gasteiger partial charge on any atom is -0.326 e. The van der Waals surface area contributed by atoms with Crippen molar-refractivity contribution < 1.29 is 4.79 Å². The first kappa shape index (κ1) is 17.5. The van der Waals surface area contributed by atoms with E-state index < -0.39 is 0 Å². The second-order valence-corrected chi connectivity index (χ2v) is 6.19. The van der Waals surface area contributed by atoms with Crippen LogP contribution in [-0.2, 0) is 17.6 Å². The van der Waals surface area contributed by atoms with Crippen LogP contribution in [0.1, 0.15) is 35.9 Å². The number of carbonyl (C=O) groups is 1. The van der Waals surface area contributed by atoms with Gasteiger partial charge in [-0.25, -0.2) is 9.97 Å². The zero-order valence-corrected chi connectivity index (χ0v) is 15.0. The molecular formula is C18H23N3OS. The number of hydrogen-bond donors (Lipinski definition) is 1. The summed E-state index contributed by atoms with van der Waals surface area (Å²) in [5, 5.41) is 3.79. The van der Waals surface area contributed by atoms with Crippen molar-refractivity contribution in [2.75, 3.05) is 11.6 Å². The van der Waals surface area contributed by atoms with E-state index in [1.807, 2.05) is 44.4 Å². The van der Waals surface area contributed by atoms with Crippen LogP contribution in [0.2, 0.25) is 0 Å². The van der Waals surface area contributed by atoms with Gasteiger partial charge in [0.1, 0.15) is 0 Å². The van der Waals surface area contributed by atoms with Crippen molar-refractivity contribution in [3.63, 3.8) is 0 Å². The minimum atomic E-state index is 0.0265. The molecule has 23 heavy (non-hydrogen) atoms. The third kappa shape index (κ3) is 4.55. The molecule has 1 N–H and O–H groups in total. The molecule has 0 aliphatic heterocycles. The number of carbonyl (C=O) groups excluding carboxylic acids is 1. The van der Waals surface area contributed by atoms with Crippen LogP contribution in [0.15, 0.2) is 29.4 Å². The average Bonchev–Trinajstić information content (AvgIpc) is 2.54. The highest BCUT2D eigenvalue weighted by Gasteiger charge is 2.11. The molecule has 4 nitrogen and oxygen atoms in total. The predicted molar refractivity (Wildman–Crippen MR) is 96.1 cm³/mol. The van der Waals surface area contributed by atoms with Crippen LogP contribution in [-0.4, -0.2) is 22.1 Å². The van der Waals surface area contributed by atoms with Gasteiger partial charge in [-0.15, -0.1) is 0 Å². The van der Waals surface area contributed by atoms with Crippen LogP contribution in [0.3, 0.4) is 0 Å². The molecule has 0 aliphatic carbocycles. The van der Waals surface area contributed by atoms with Gasteiger partial charge in [0.05, 0.1) is 0 Å². The highest BCUT2D eigenvalue weighted by molar-refractivity contribution is 7.98. The molecule has 1 aromatic heterocycles. The fraction of sp³-hybridized carbons (Fsp3) is 0.389. The first-order valence-corrected chi connectivity index (χ1v) is 9.03. The van der Waals surface area contributed by atoms with Gasteiger partial charge < -0.3 is 5.32 Å². The van der Waals surface area contributed by atoms with E-state index in [9.17, 15) is 4.79 Å². The molecular weight excluding hydrogens is 306 g/mol. The molecule has 0 atom stereocenters. The molecule has 0 saturated heterocycles. The summed E-state index contributed by atoms with van der Waals surface area (Å²) in [6.07, 6.45) is 3.96. The van der Waals surface area contributed by atoms with E-state index in [-0.39, 0.29) is 5.91 Å². The number of aromatic nitrogens is 2. The number of amides is 1. The van der Waals surface area contributed by atoms with E-state index in [1.54, 1.807) is 0 Å². The number of hydrogen-bond acceptors (Lipinski definition) is 4. The number of thioether (sulfide) groups is 1. The van der Waals surface area contributed by atoms with Crippen molar-refractivity contribution in [2.45, 2.75) is 45.2 Å². The normalized spacial score (nSPS) is 10.6. The van der Waals surface area contributed by atoms with Gasteiger partial charge in [0.2, 0.25) is 5.91 Å². The van der Waals surface area contributed by atoms with Crippen molar-refractivity contribution in [1.29, 1.82) is 0 Å². The van der Waals surface area contributed by atoms with Gasteiger partial charge in [-0.1, -0.05) is 36.9 Å². The molecule has 5 heteroatoms. The summed E-state index contributed by atoms with van der Waals surface area (Å²) < 4.78 is 0. The first-order valence-electron chi connectivity index (χ1n) is 7.81. The molecule has 0 saturated carbocycles. The van der Waals surface area contributed by atoms with Crippen molar-refractivity contribution in [2.24, 2.45) is 0 Å². The Hall–Kier alpha value is -1.88. The predicted octanol–water partition coefficient (Wildman–Crippen LogP) is 3.95. The van der Waals surface area contributed by atoms with Gasteiger partial charge in [0.15, 0.2) is 5.16 Å². The Balaban J connectivity index is 2.02. The summed E-state index contributed by atoms with van der Waals surface area (Å²) in [6, 6.07) is 7.92. The zero-order chi connectivity index (χ0) is 16.8. The number of para-hydroxylation sites is 1. The number of rotatable bonds is 6. The Morgan fingerprint density at radius 3 is 2.43 bits per heavy atom. The Labute approximate surface area is 142 Å². The largest absolute Gasteiger partial charge is 0.326 e. The molecule has 0 aliphatic rings. The molecule has 0 radical (unpaired) electrons. The van der Waals surface area contributed by atoms with Crippen molar-refractivity contribution in [3.8, 4) is 0 Å². The zero-order valence-electron chi connectivity index (χ0n) is 14.1. The van der Waals surface area contributed by atoms with Crippen molar-refractivity contribution >= 4 is 23.4 Å². The number of nitrogens with one attached hydrogen (secondary N) is 1. The van der Waals surface area contributed by atoms with Crippen molar-refractivity contribution in [1.82, 2.24) is 9.97 Å². The summed E-state index contributed by atoms with van der Waals surface area (Å²) in [5.41, 5.74) is 5.05. The molecule has 1 heterocycles. The molecule has 0 fully saturated rings. The molecule has 2 rings (SSSR count). The lowest BCUT2D eigenvalue weighted by Crippen LogP contribution is -2.14. The molecule has 0 spiro atoms. The second kappa shape index (κ2) is 8.11. The number of aryl methyl sites for hydroxylation is 3. The van der Waals surface area contributed by atoms with Crippen LogP contribution >= 0.6 is 11.8 Å². The lowest BCUT2D eigenvalue weighted by Gasteiger charge is -2.12. The fourth-order valence-electron chi connectivity index (χ4n) is 2.56. The van der Waals surface area contributed by atoms with Gasteiger partial charge in [-0.2, -0.15) is 0 Å². The maximum absolute atomic E-state index is 12.2. The average molecular weight is 329 g/mol. The summed E-state index contributed by atoms with van der Waals surface area (Å²) in [6.45, 7) is 6.05. The highest BCUT2D eigenvalue weighted by atomic mass is 32.2. The van der Waals surface area contributed by atoms with E-state index in [0.717, 1.165) is 39.8 Å². The fourth-order valence-corrected chi connectivity index (χ4v) is 3.02. The summed E-state index contributed by atoms with van der Waals surface area (Å²) in [4.78, 5) is 21.2.